The number of benzene rings is 2. The van der Waals surface area contributed by atoms with E-state index in [-0.39, 0.29) is 18.0 Å². The molecule has 0 atom stereocenters. The monoisotopic (exact) mass is 524 g/mol. The third-order valence-corrected chi connectivity index (χ3v) is 8.40. The Morgan fingerprint density at radius 2 is 1.86 bits per heavy atom. The van der Waals surface area contributed by atoms with Crippen LogP contribution in [-0.4, -0.2) is 81.0 Å². The van der Waals surface area contributed by atoms with E-state index in [0.717, 1.165) is 24.2 Å². The number of para-hydroxylation sites is 1. The van der Waals surface area contributed by atoms with Crippen molar-refractivity contribution in [3.63, 3.8) is 0 Å². The number of hydrogen-bond donors (Lipinski definition) is 1. The van der Waals surface area contributed by atoms with E-state index in [2.05, 4.69) is 10.2 Å². The summed E-state index contributed by atoms with van der Waals surface area (Å²) in [5.41, 5.74) is 3.12. The average molecular weight is 525 g/mol. The maximum Gasteiger partial charge on any atom is 0.339 e. The first-order valence-corrected chi connectivity index (χ1v) is 13.5. The molecule has 1 amide bonds. The Bertz CT molecular complexity index is 1450. The number of sulfonamides is 1. The minimum Gasteiger partial charge on any atom is -0.452 e. The van der Waals surface area contributed by atoms with Crippen molar-refractivity contribution in [2.24, 2.45) is 0 Å². The molecule has 2 aliphatic heterocycles. The molecule has 1 N–H and O–H groups in total. The molecule has 11 heteroatoms. The van der Waals surface area contributed by atoms with Gasteiger partial charge in [0, 0.05) is 54.9 Å². The van der Waals surface area contributed by atoms with Crippen LogP contribution in [0.3, 0.4) is 0 Å². The number of carbonyl (C=O) groups is 2. The second kappa shape index (κ2) is 10.5. The van der Waals surface area contributed by atoms with Crippen molar-refractivity contribution in [1.82, 2.24) is 14.2 Å². The minimum absolute atomic E-state index is 0.0724. The highest BCUT2D eigenvalue weighted by atomic mass is 32.2. The molecule has 1 saturated heterocycles. The van der Waals surface area contributed by atoms with Crippen molar-refractivity contribution in [2.75, 3.05) is 51.8 Å². The summed E-state index contributed by atoms with van der Waals surface area (Å²) in [7, 11) is -1.73. The molecule has 0 radical (unpaired) electrons. The van der Waals surface area contributed by atoms with Gasteiger partial charge in [-0.05, 0) is 31.3 Å². The Kier molecular flexibility index (Phi) is 7.20. The SMILES string of the molecule is CN1CCc2nc3ccccc3c(C(=O)OCC(=O)Nc3cccc(S(=O)(=O)N4CCOCC4)c3)c2C1. The smallest absolute Gasteiger partial charge is 0.339 e. The summed E-state index contributed by atoms with van der Waals surface area (Å²) in [6.45, 7) is 2.13. The number of esters is 1. The number of morpholine rings is 1. The van der Waals surface area contributed by atoms with Crippen molar-refractivity contribution in [2.45, 2.75) is 17.9 Å². The highest BCUT2D eigenvalue weighted by molar-refractivity contribution is 7.89. The fourth-order valence-electron chi connectivity index (χ4n) is 4.63. The van der Waals surface area contributed by atoms with E-state index in [4.69, 9.17) is 14.5 Å². The molecule has 5 rings (SSSR count). The van der Waals surface area contributed by atoms with Crippen LogP contribution < -0.4 is 5.32 Å². The van der Waals surface area contributed by atoms with Gasteiger partial charge in [-0.15, -0.1) is 0 Å². The van der Waals surface area contributed by atoms with Crippen LogP contribution in [0, 0.1) is 0 Å². The van der Waals surface area contributed by atoms with Crippen molar-refractivity contribution >= 4 is 38.5 Å². The van der Waals surface area contributed by atoms with E-state index in [1.54, 1.807) is 12.1 Å². The second-order valence-electron chi connectivity index (χ2n) is 9.09. The summed E-state index contributed by atoms with van der Waals surface area (Å²) in [4.78, 5) is 32.8. The summed E-state index contributed by atoms with van der Waals surface area (Å²) in [5, 5.41) is 3.31. The lowest BCUT2D eigenvalue weighted by molar-refractivity contribution is -0.119. The van der Waals surface area contributed by atoms with E-state index in [1.165, 1.54) is 16.4 Å². The Morgan fingerprint density at radius 1 is 1.08 bits per heavy atom. The molecule has 3 heterocycles. The van der Waals surface area contributed by atoms with Gasteiger partial charge in [0.05, 0.1) is 29.2 Å². The molecule has 10 nitrogen and oxygen atoms in total. The van der Waals surface area contributed by atoms with E-state index in [0.29, 0.717) is 41.9 Å². The van der Waals surface area contributed by atoms with Crippen LogP contribution >= 0.6 is 0 Å². The van der Waals surface area contributed by atoms with Gasteiger partial charge >= 0.3 is 5.97 Å². The molecular weight excluding hydrogens is 496 g/mol. The predicted octanol–water partition coefficient (Wildman–Crippen LogP) is 2.04. The van der Waals surface area contributed by atoms with Gasteiger partial charge in [0.25, 0.3) is 5.91 Å². The Morgan fingerprint density at radius 3 is 2.68 bits per heavy atom. The number of hydrogen-bond acceptors (Lipinski definition) is 8. The van der Waals surface area contributed by atoms with Crippen LogP contribution in [0.5, 0.6) is 0 Å². The summed E-state index contributed by atoms with van der Waals surface area (Å²) in [6, 6.07) is 13.4. The van der Waals surface area contributed by atoms with Crippen LogP contribution in [0.2, 0.25) is 0 Å². The average Bonchev–Trinajstić information content (AvgIpc) is 2.91. The normalized spacial score (nSPS) is 16.8. The molecular formula is C26H28N4O6S. The molecule has 194 valence electrons. The van der Waals surface area contributed by atoms with Gasteiger partial charge in [0.1, 0.15) is 0 Å². The number of ether oxygens (including phenoxy) is 2. The minimum atomic E-state index is -3.71. The van der Waals surface area contributed by atoms with E-state index in [1.807, 2.05) is 31.3 Å². The molecule has 0 spiro atoms. The maximum absolute atomic E-state index is 13.2. The molecule has 0 unspecified atom stereocenters. The van der Waals surface area contributed by atoms with Gasteiger partial charge in [0.15, 0.2) is 6.61 Å². The first kappa shape index (κ1) is 25.3. The Labute approximate surface area is 215 Å². The molecule has 0 bridgehead atoms. The van der Waals surface area contributed by atoms with Gasteiger partial charge in [0.2, 0.25) is 10.0 Å². The first-order chi connectivity index (χ1) is 17.8. The molecule has 0 saturated carbocycles. The standard InChI is InChI=1S/C26H28N4O6S/c1-29-10-9-23-21(16-29)25(20-7-2-3-8-22(20)28-23)26(32)36-17-24(31)27-18-5-4-6-19(15-18)37(33,34)30-11-13-35-14-12-30/h2-8,15H,9-14,16-17H2,1H3,(H,27,31). The van der Waals surface area contributed by atoms with Crippen LogP contribution in [0.15, 0.2) is 53.4 Å². The van der Waals surface area contributed by atoms with E-state index < -0.39 is 28.5 Å². The number of anilines is 1. The van der Waals surface area contributed by atoms with E-state index in [9.17, 15) is 18.0 Å². The summed E-state index contributed by atoms with van der Waals surface area (Å²) >= 11 is 0. The third-order valence-electron chi connectivity index (χ3n) is 6.50. The fraction of sp³-hybridized carbons (Fsp3) is 0.346. The lowest BCUT2D eigenvalue weighted by atomic mass is 9.96. The van der Waals surface area contributed by atoms with Gasteiger partial charge in [-0.1, -0.05) is 24.3 Å². The second-order valence-corrected chi connectivity index (χ2v) is 11.0. The Hall–Kier alpha value is -3.38. The topological polar surface area (TPSA) is 118 Å². The molecule has 2 aliphatic rings. The van der Waals surface area contributed by atoms with Gasteiger partial charge in [-0.25, -0.2) is 13.2 Å². The molecule has 0 aliphatic carbocycles. The lowest BCUT2D eigenvalue weighted by Gasteiger charge is -2.26. The summed E-state index contributed by atoms with van der Waals surface area (Å²) < 4.78 is 37.9. The van der Waals surface area contributed by atoms with Crippen LogP contribution in [0.25, 0.3) is 10.9 Å². The number of nitrogens with one attached hydrogen (secondary N) is 1. The number of aromatic nitrogens is 1. The van der Waals surface area contributed by atoms with Crippen molar-refractivity contribution in [1.29, 1.82) is 0 Å². The summed E-state index contributed by atoms with van der Waals surface area (Å²) in [6.07, 6.45) is 0.723. The number of likely N-dealkylation sites (N-methyl/N-ethyl adjacent to an activating group) is 1. The first-order valence-electron chi connectivity index (χ1n) is 12.1. The zero-order valence-electron chi connectivity index (χ0n) is 20.5. The van der Waals surface area contributed by atoms with E-state index >= 15 is 0 Å². The van der Waals surface area contributed by atoms with Crippen molar-refractivity contribution in [3.8, 4) is 0 Å². The van der Waals surface area contributed by atoms with Gasteiger partial charge < -0.3 is 19.7 Å². The quantitative estimate of drug-likeness (QED) is 0.487. The fourth-order valence-corrected chi connectivity index (χ4v) is 6.08. The number of fused-ring (bicyclic) bond motifs is 2. The van der Waals surface area contributed by atoms with Crippen LogP contribution in [0.4, 0.5) is 5.69 Å². The molecule has 1 aromatic heterocycles. The molecule has 1 fully saturated rings. The zero-order valence-corrected chi connectivity index (χ0v) is 21.3. The maximum atomic E-state index is 13.2. The molecule has 37 heavy (non-hydrogen) atoms. The van der Waals surface area contributed by atoms with Gasteiger partial charge in [-0.2, -0.15) is 4.31 Å². The number of carbonyl (C=O) groups excluding carboxylic acids is 2. The number of rotatable bonds is 6. The van der Waals surface area contributed by atoms with Crippen molar-refractivity contribution < 1.29 is 27.5 Å². The third kappa shape index (κ3) is 5.35. The zero-order chi connectivity index (χ0) is 26.0. The number of pyridine rings is 1. The van der Waals surface area contributed by atoms with Gasteiger partial charge in [-0.3, -0.25) is 9.78 Å². The highest BCUT2D eigenvalue weighted by Crippen LogP contribution is 2.28. The summed E-state index contributed by atoms with van der Waals surface area (Å²) in [5.74, 6) is -1.16. The molecule has 3 aromatic rings. The number of nitrogens with zero attached hydrogens (tertiary/aromatic N) is 3. The van der Waals surface area contributed by atoms with Crippen LogP contribution in [0.1, 0.15) is 21.6 Å². The highest BCUT2D eigenvalue weighted by Gasteiger charge is 2.27. The lowest BCUT2D eigenvalue weighted by Crippen LogP contribution is -2.40. The predicted molar refractivity (Wildman–Crippen MR) is 137 cm³/mol. The van der Waals surface area contributed by atoms with Crippen LogP contribution in [-0.2, 0) is 37.3 Å². The Balaban J connectivity index is 1.30. The number of amides is 1. The molecule has 2 aromatic carbocycles. The largest absolute Gasteiger partial charge is 0.452 e. The van der Waals surface area contributed by atoms with Crippen molar-refractivity contribution in [3.05, 3.63) is 65.4 Å².